The van der Waals surface area contributed by atoms with Crippen LogP contribution in [0.25, 0.3) is 0 Å². The molecule has 2 heterocycles. The van der Waals surface area contributed by atoms with E-state index < -0.39 is 29.4 Å². The molecular weight excluding hydrogens is 393 g/mol. The van der Waals surface area contributed by atoms with Gasteiger partial charge in [-0.1, -0.05) is 30.7 Å². The van der Waals surface area contributed by atoms with Gasteiger partial charge in [-0.05, 0) is 51.3 Å². The number of amides is 1. The second kappa shape index (κ2) is 9.20. The number of hydrogen-bond donors (Lipinski definition) is 1. The number of nitrogens with zero attached hydrogens (tertiary/aromatic N) is 3. The van der Waals surface area contributed by atoms with Crippen molar-refractivity contribution in [1.82, 2.24) is 20.0 Å². The molecule has 0 radical (unpaired) electrons. The van der Waals surface area contributed by atoms with Gasteiger partial charge in [-0.3, -0.25) is 14.4 Å². The van der Waals surface area contributed by atoms with Crippen molar-refractivity contribution in [2.45, 2.75) is 71.4 Å². The topological polar surface area (TPSA) is 50.2 Å². The Balaban J connectivity index is 1.63. The molecule has 1 aromatic carbocycles. The van der Waals surface area contributed by atoms with E-state index >= 15 is 0 Å². The van der Waals surface area contributed by atoms with Gasteiger partial charge in [-0.15, -0.1) is 0 Å². The first-order valence-corrected chi connectivity index (χ1v) is 10.4. The first-order chi connectivity index (χ1) is 14.2. The zero-order valence-electron chi connectivity index (χ0n) is 17.7. The number of nitrogens with one attached hydrogen (secondary N) is 1. The first-order valence-electron chi connectivity index (χ1n) is 10.4. The van der Waals surface area contributed by atoms with Crippen LogP contribution in [0.4, 0.5) is 13.2 Å². The Kier molecular flexibility index (Phi) is 6.85. The van der Waals surface area contributed by atoms with E-state index in [4.69, 9.17) is 0 Å². The van der Waals surface area contributed by atoms with E-state index in [-0.39, 0.29) is 6.54 Å². The summed E-state index contributed by atoms with van der Waals surface area (Å²) in [4.78, 5) is 14.9. The van der Waals surface area contributed by atoms with Crippen LogP contribution < -0.4 is 5.32 Å². The van der Waals surface area contributed by atoms with Crippen LogP contribution in [-0.4, -0.2) is 33.2 Å². The predicted molar refractivity (Wildman–Crippen MR) is 109 cm³/mol. The molecule has 3 rings (SSSR count). The standard InChI is InChI=1S/C22H29F3N4O/c1-15(2)29-20(22(23,24)25)19(13-27-29)21(30)26-12-17-7-9-18(10-8-17)14-28-11-5-4-6-16(28)3/h7-10,13,15-16H,4-6,11-12,14H2,1-3H3,(H,26,30). The Hall–Kier alpha value is -2.35. The molecule has 1 atom stereocenters. The van der Waals surface area contributed by atoms with Crippen molar-refractivity contribution in [3.8, 4) is 0 Å². The number of carbonyl (C=O) groups is 1. The Labute approximate surface area is 175 Å². The van der Waals surface area contributed by atoms with Crippen molar-refractivity contribution in [3.63, 3.8) is 0 Å². The van der Waals surface area contributed by atoms with Crippen molar-refractivity contribution < 1.29 is 18.0 Å². The fraction of sp³-hybridized carbons (Fsp3) is 0.545. The van der Waals surface area contributed by atoms with Crippen molar-refractivity contribution in [2.24, 2.45) is 0 Å². The molecular formula is C22H29F3N4O. The maximum atomic E-state index is 13.4. The van der Waals surface area contributed by atoms with Gasteiger partial charge in [-0.2, -0.15) is 18.3 Å². The third kappa shape index (κ3) is 5.22. The van der Waals surface area contributed by atoms with Gasteiger partial charge >= 0.3 is 6.18 Å². The fourth-order valence-electron chi connectivity index (χ4n) is 3.87. The van der Waals surface area contributed by atoms with E-state index in [1.807, 2.05) is 24.3 Å². The highest BCUT2D eigenvalue weighted by Gasteiger charge is 2.40. The van der Waals surface area contributed by atoms with E-state index in [0.29, 0.717) is 6.04 Å². The van der Waals surface area contributed by atoms with Crippen LogP contribution in [-0.2, 0) is 19.3 Å². The predicted octanol–water partition coefficient (Wildman–Crippen LogP) is 4.79. The zero-order chi connectivity index (χ0) is 21.9. The number of hydrogen-bond acceptors (Lipinski definition) is 3. The highest BCUT2D eigenvalue weighted by atomic mass is 19.4. The van der Waals surface area contributed by atoms with Gasteiger partial charge in [0.15, 0.2) is 5.69 Å². The summed E-state index contributed by atoms with van der Waals surface area (Å²) in [5, 5.41) is 6.35. The summed E-state index contributed by atoms with van der Waals surface area (Å²) in [7, 11) is 0. The molecule has 0 spiro atoms. The molecule has 2 aromatic rings. The summed E-state index contributed by atoms with van der Waals surface area (Å²) in [6, 6.07) is 7.92. The molecule has 0 saturated carbocycles. The largest absolute Gasteiger partial charge is 0.433 e. The summed E-state index contributed by atoms with van der Waals surface area (Å²) < 4.78 is 41.2. The van der Waals surface area contributed by atoms with Crippen LogP contribution in [0.5, 0.6) is 0 Å². The molecule has 1 N–H and O–H groups in total. The SMILES string of the molecule is CC1CCCCN1Cc1ccc(CNC(=O)c2cnn(C(C)C)c2C(F)(F)F)cc1. The number of piperidine rings is 1. The Morgan fingerprint density at radius 3 is 2.47 bits per heavy atom. The highest BCUT2D eigenvalue weighted by molar-refractivity contribution is 5.95. The molecule has 164 valence electrons. The van der Waals surface area contributed by atoms with Crippen molar-refractivity contribution in [3.05, 3.63) is 52.8 Å². The van der Waals surface area contributed by atoms with E-state index in [1.54, 1.807) is 13.8 Å². The van der Waals surface area contributed by atoms with Crippen LogP contribution in [0.1, 0.15) is 73.3 Å². The lowest BCUT2D eigenvalue weighted by Gasteiger charge is -2.33. The van der Waals surface area contributed by atoms with E-state index in [0.717, 1.165) is 29.5 Å². The van der Waals surface area contributed by atoms with E-state index in [1.165, 1.54) is 24.8 Å². The van der Waals surface area contributed by atoms with Gasteiger partial charge < -0.3 is 5.32 Å². The number of alkyl halides is 3. The number of halogens is 3. The zero-order valence-corrected chi connectivity index (χ0v) is 17.7. The third-order valence-electron chi connectivity index (χ3n) is 5.60. The highest BCUT2D eigenvalue weighted by Crippen LogP contribution is 2.33. The number of benzene rings is 1. The molecule has 1 aliphatic heterocycles. The lowest BCUT2D eigenvalue weighted by atomic mass is 10.0. The molecule has 0 aliphatic carbocycles. The maximum absolute atomic E-state index is 13.4. The Morgan fingerprint density at radius 1 is 1.20 bits per heavy atom. The summed E-state index contributed by atoms with van der Waals surface area (Å²) in [6.45, 7) is 7.58. The number of likely N-dealkylation sites (tertiary alicyclic amines) is 1. The second-order valence-electron chi connectivity index (χ2n) is 8.26. The summed E-state index contributed by atoms with van der Waals surface area (Å²) in [6.07, 6.45) is 0.0589. The molecule has 1 amide bonds. The lowest BCUT2D eigenvalue weighted by Crippen LogP contribution is -2.36. The summed E-state index contributed by atoms with van der Waals surface area (Å²) >= 11 is 0. The van der Waals surface area contributed by atoms with Gasteiger partial charge in [0.25, 0.3) is 5.91 Å². The van der Waals surface area contributed by atoms with Crippen molar-refractivity contribution in [1.29, 1.82) is 0 Å². The number of aromatic nitrogens is 2. The molecule has 30 heavy (non-hydrogen) atoms. The molecule has 1 fully saturated rings. The fourth-order valence-corrected chi connectivity index (χ4v) is 3.87. The monoisotopic (exact) mass is 422 g/mol. The second-order valence-corrected chi connectivity index (χ2v) is 8.26. The van der Waals surface area contributed by atoms with Gasteiger partial charge in [0.1, 0.15) is 0 Å². The minimum atomic E-state index is -4.65. The minimum Gasteiger partial charge on any atom is -0.348 e. The molecule has 1 aromatic heterocycles. The molecule has 5 nitrogen and oxygen atoms in total. The van der Waals surface area contributed by atoms with Crippen molar-refractivity contribution >= 4 is 5.91 Å². The average Bonchev–Trinajstić information content (AvgIpc) is 3.15. The van der Waals surface area contributed by atoms with Crippen LogP contribution in [0.15, 0.2) is 30.5 Å². The quantitative estimate of drug-likeness (QED) is 0.728. The van der Waals surface area contributed by atoms with Crippen LogP contribution in [0.2, 0.25) is 0 Å². The Morgan fingerprint density at radius 2 is 1.87 bits per heavy atom. The number of rotatable bonds is 6. The van der Waals surface area contributed by atoms with Gasteiger partial charge in [0.2, 0.25) is 0 Å². The lowest BCUT2D eigenvalue weighted by molar-refractivity contribution is -0.145. The third-order valence-corrected chi connectivity index (χ3v) is 5.60. The van der Waals surface area contributed by atoms with Gasteiger partial charge in [0.05, 0.1) is 11.8 Å². The molecule has 1 aliphatic rings. The maximum Gasteiger partial charge on any atom is 0.433 e. The average molecular weight is 422 g/mol. The van der Waals surface area contributed by atoms with E-state index in [9.17, 15) is 18.0 Å². The first kappa shape index (κ1) is 22.3. The van der Waals surface area contributed by atoms with E-state index in [2.05, 4.69) is 22.2 Å². The van der Waals surface area contributed by atoms with Crippen LogP contribution >= 0.6 is 0 Å². The Bertz CT molecular complexity index is 858. The smallest absolute Gasteiger partial charge is 0.348 e. The number of carbonyl (C=O) groups excluding carboxylic acids is 1. The molecule has 1 saturated heterocycles. The van der Waals surface area contributed by atoms with Crippen LogP contribution in [0.3, 0.4) is 0 Å². The summed E-state index contributed by atoms with van der Waals surface area (Å²) in [5.74, 6) is -0.777. The summed E-state index contributed by atoms with van der Waals surface area (Å²) in [5.41, 5.74) is 0.563. The molecule has 1 unspecified atom stereocenters. The molecule has 0 bridgehead atoms. The van der Waals surface area contributed by atoms with Crippen LogP contribution in [0, 0.1) is 0 Å². The molecule has 8 heteroatoms. The van der Waals surface area contributed by atoms with Gasteiger partial charge in [0, 0.05) is 25.2 Å². The minimum absolute atomic E-state index is 0.156. The van der Waals surface area contributed by atoms with Gasteiger partial charge in [-0.25, -0.2) is 0 Å². The van der Waals surface area contributed by atoms with Crippen molar-refractivity contribution in [2.75, 3.05) is 6.54 Å². The normalized spacial score (nSPS) is 18.0.